The number of hydrogen-bond donors (Lipinski definition) is 2. The van der Waals surface area contributed by atoms with Gasteiger partial charge in [-0.25, -0.2) is 0 Å². The molecular weight excluding hydrogens is 231 g/mol. The lowest BCUT2D eigenvalue weighted by atomic mass is 9.66. The first-order valence-corrected chi connectivity index (χ1v) is 6.35. The number of rotatable bonds is 1. The molecule has 100 valence electrons. The second-order valence-corrected chi connectivity index (χ2v) is 5.73. The summed E-state index contributed by atoms with van der Waals surface area (Å²) in [5.74, 6) is -1.39. The SMILES string of the molecule is NC1(C2(O)CCCC(C(F)(F)F)C2)CCCC1. The van der Waals surface area contributed by atoms with Crippen molar-refractivity contribution < 1.29 is 18.3 Å². The molecule has 0 aliphatic heterocycles. The molecule has 2 unspecified atom stereocenters. The summed E-state index contributed by atoms with van der Waals surface area (Å²) < 4.78 is 38.2. The molecule has 0 aromatic rings. The van der Waals surface area contributed by atoms with Crippen LogP contribution in [-0.2, 0) is 0 Å². The van der Waals surface area contributed by atoms with Gasteiger partial charge in [0.15, 0.2) is 0 Å². The summed E-state index contributed by atoms with van der Waals surface area (Å²) in [6, 6.07) is 0. The van der Waals surface area contributed by atoms with Crippen LogP contribution in [0.3, 0.4) is 0 Å². The summed E-state index contributed by atoms with van der Waals surface area (Å²) in [4.78, 5) is 0. The minimum absolute atomic E-state index is 0.127. The lowest BCUT2D eigenvalue weighted by molar-refractivity contribution is -0.208. The smallest absolute Gasteiger partial charge is 0.388 e. The molecule has 0 saturated heterocycles. The van der Waals surface area contributed by atoms with Gasteiger partial charge in [-0.15, -0.1) is 0 Å². The molecule has 2 aliphatic rings. The molecule has 2 saturated carbocycles. The van der Waals surface area contributed by atoms with Crippen molar-refractivity contribution in [2.24, 2.45) is 11.7 Å². The van der Waals surface area contributed by atoms with Gasteiger partial charge in [-0.2, -0.15) is 13.2 Å². The summed E-state index contributed by atoms with van der Waals surface area (Å²) >= 11 is 0. The van der Waals surface area contributed by atoms with E-state index in [4.69, 9.17) is 5.73 Å². The van der Waals surface area contributed by atoms with Crippen LogP contribution in [0.25, 0.3) is 0 Å². The molecule has 3 N–H and O–H groups in total. The van der Waals surface area contributed by atoms with Crippen molar-refractivity contribution in [3.05, 3.63) is 0 Å². The summed E-state index contributed by atoms with van der Waals surface area (Å²) in [6.07, 6.45) is -0.346. The molecule has 2 aliphatic carbocycles. The summed E-state index contributed by atoms with van der Waals surface area (Å²) in [5, 5.41) is 10.5. The van der Waals surface area contributed by atoms with Crippen LogP contribution in [0.4, 0.5) is 13.2 Å². The Morgan fingerprint density at radius 1 is 1.06 bits per heavy atom. The van der Waals surface area contributed by atoms with Gasteiger partial charge in [0.2, 0.25) is 0 Å². The topological polar surface area (TPSA) is 46.2 Å². The van der Waals surface area contributed by atoms with Crippen molar-refractivity contribution >= 4 is 0 Å². The molecule has 0 radical (unpaired) electrons. The van der Waals surface area contributed by atoms with Crippen LogP contribution < -0.4 is 5.73 Å². The van der Waals surface area contributed by atoms with Crippen molar-refractivity contribution in [3.63, 3.8) is 0 Å². The first-order chi connectivity index (χ1) is 7.77. The second-order valence-electron chi connectivity index (χ2n) is 5.73. The van der Waals surface area contributed by atoms with Gasteiger partial charge in [0, 0.05) is 5.54 Å². The molecule has 0 bridgehead atoms. The molecule has 0 aromatic heterocycles. The van der Waals surface area contributed by atoms with Crippen LogP contribution in [-0.4, -0.2) is 22.4 Å². The largest absolute Gasteiger partial charge is 0.391 e. The maximum absolute atomic E-state index is 12.7. The van der Waals surface area contributed by atoms with E-state index >= 15 is 0 Å². The Morgan fingerprint density at radius 3 is 2.18 bits per heavy atom. The van der Waals surface area contributed by atoms with Crippen LogP contribution >= 0.6 is 0 Å². The Morgan fingerprint density at radius 2 is 1.65 bits per heavy atom. The van der Waals surface area contributed by atoms with Gasteiger partial charge in [0.25, 0.3) is 0 Å². The molecule has 2 fully saturated rings. The van der Waals surface area contributed by atoms with Crippen LogP contribution in [0.15, 0.2) is 0 Å². The Bertz CT molecular complexity index is 286. The van der Waals surface area contributed by atoms with E-state index in [0.29, 0.717) is 25.7 Å². The van der Waals surface area contributed by atoms with E-state index in [1.807, 2.05) is 0 Å². The van der Waals surface area contributed by atoms with Crippen LogP contribution in [0.2, 0.25) is 0 Å². The highest BCUT2D eigenvalue weighted by atomic mass is 19.4. The van der Waals surface area contributed by atoms with Crippen LogP contribution in [0, 0.1) is 5.92 Å². The van der Waals surface area contributed by atoms with E-state index in [-0.39, 0.29) is 12.8 Å². The fraction of sp³-hybridized carbons (Fsp3) is 1.00. The van der Waals surface area contributed by atoms with Crippen molar-refractivity contribution in [1.82, 2.24) is 0 Å². The van der Waals surface area contributed by atoms with Gasteiger partial charge >= 0.3 is 6.18 Å². The lowest BCUT2D eigenvalue weighted by Crippen LogP contribution is -2.61. The Kier molecular flexibility index (Phi) is 3.19. The highest BCUT2D eigenvalue weighted by molar-refractivity contribution is 5.08. The summed E-state index contributed by atoms with van der Waals surface area (Å²) in [7, 11) is 0. The van der Waals surface area contributed by atoms with E-state index in [9.17, 15) is 18.3 Å². The van der Waals surface area contributed by atoms with Crippen LogP contribution in [0.5, 0.6) is 0 Å². The number of aliphatic hydroxyl groups is 1. The minimum Gasteiger partial charge on any atom is -0.388 e. The lowest BCUT2D eigenvalue weighted by Gasteiger charge is -2.47. The second kappa shape index (κ2) is 4.12. The third-order valence-corrected chi connectivity index (χ3v) is 4.61. The third-order valence-electron chi connectivity index (χ3n) is 4.61. The zero-order valence-corrected chi connectivity index (χ0v) is 9.89. The minimum atomic E-state index is -4.20. The first-order valence-electron chi connectivity index (χ1n) is 6.35. The zero-order valence-electron chi connectivity index (χ0n) is 9.89. The van der Waals surface area contributed by atoms with Crippen molar-refractivity contribution in [2.45, 2.75) is 68.7 Å². The average molecular weight is 251 g/mol. The van der Waals surface area contributed by atoms with Gasteiger partial charge in [-0.1, -0.05) is 12.8 Å². The number of nitrogens with two attached hydrogens (primary N) is 1. The van der Waals surface area contributed by atoms with Gasteiger partial charge in [0.05, 0.1) is 11.5 Å². The monoisotopic (exact) mass is 251 g/mol. The molecule has 2 atom stereocenters. The maximum atomic E-state index is 12.7. The number of alkyl halides is 3. The summed E-state index contributed by atoms with van der Waals surface area (Å²) in [6.45, 7) is 0. The Labute approximate surface area is 99.4 Å². The van der Waals surface area contributed by atoms with Crippen LogP contribution in [0.1, 0.15) is 51.4 Å². The van der Waals surface area contributed by atoms with Crippen molar-refractivity contribution in [2.75, 3.05) is 0 Å². The van der Waals surface area contributed by atoms with E-state index in [1.54, 1.807) is 0 Å². The molecular formula is C12H20F3NO. The average Bonchev–Trinajstić information content (AvgIpc) is 2.66. The van der Waals surface area contributed by atoms with E-state index < -0.39 is 23.2 Å². The molecule has 2 nitrogen and oxygen atoms in total. The fourth-order valence-corrected chi connectivity index (χ4v) is 3.46. The highest BCUT2D eigenvalue weighted by Gasteiger charge is 2.55. The number of hydrogen-bond acceptors (Lipinski definition) is 2. The van der Waals surface area contributed by atoms with E-state index in [2.05, 4.69) is 0 Å². The van der Waals surface area contributed by atoms with Gasteiger partial charge in [0.1, 0.15) is 0 Å². The molecule has 17 heavy (non-hydrogen) atoms. The standard InChI is InChI=1S/C12H20F3NO/c13-12(14,15)9-4-3-7-11(17,8-9)10(16)5-1-2-6-10/h9,17H,1-8,16H2. The highest BCUT2D eigenvalue weighted by Crippen LogP contribution is 2.49. The van der Waals surface area contributed by atoms with Crippen molar-refractivity contribution in [1.29, 1.82) is 0 Å². The normalized spacial score (nSPS) is 38.3. The molecule has 0 aromatic carbocycles. The molecule has 2 rings (SSSR count). The summed E-state index contributed by atoms with van der Waals surface area (Å²) in [5.41, 5.74) is 4.04. The molecule has 0 spiro atoms. The Balaban J connectivity index is 2.15. The zero-order chi connectivity index (χ0) is 12.7. The van der Waals surface area contributed by atoms with Gasteiger partial charge < -0.3 is 10.8 Å². The molecule has 0 amide bonds. The Hall–Kier alpha value is -0.290. The predicted octanol–water partition coefficient (Wildman–Crippen LogP) is 2.74. The first kappa shape index (κ1) is 13.1. The predicted molar refractivity (Wildman–Crippen MR) is 58.3 cm³/mol. The van der Waals surface area contributed by atoms with E-state index in [1.165, 1.54) is 0 Å². The molecule has 0 heterocycles. The number of halogens is 3. The quantitative estimate of drug-likeness (QED) is 0.752. The van der Waals surface area contributed by atoms with Gasteiger partial charge in [-0.3, -0.25) is 0 Å². The van der Waals surface area contributed by atoms with E-state index in [0.717, 1.165) is 12.8 Å². The fourth-order valence-electron chi connectivity index (χ4n) is 3.46. The molecule has 5 heteroatoms. The van der Waals surface area contributed by atoms with Crippen molar-refractivity contribution in [3.8, 4) is 0 Å². The van der Waals surface area contributed by atoms with Gasteiger partial charge in [-0.05, 0) is 38.5 Å². The third kappa shape index (κ3) is 2.32. The maximum Gasteiger partial charge on any atom is 0.391 e.